The Morgan fingerprint density at radius 2 is 1.10 bits per heavy atom. The largest absolute Gasteiger partial charge is 1.00 e. The van der Waals surface area contributed by atoms with E-state index in [1.54, 1.807) is 69.5 Å². The summed E-state index contributed by atoms with van der Waals surface area (Å²) in [6, 6.07) is 14.0. The molecule has 0 bridgehead atoms. The van der Waals surface area contributed by atoms with Crippen molar-refractivity contribution >= 4 is 69.0 Å². The van der Waals surface area contributed by atoms with Gasteiger partial charge in [-0.15, -0.1) is 0 Å². The number of methoxy groups -OCH3 is 1. The van der Waals surface area contributed by atoms with E-state index in [2.05, 4.69) is 33.2 Å². The van der Waals surface area contributed by atoms with Gasteiger partial charge in [-0.25, -0.2) is 0 Å². The van der Waals surface area contributed by atoms with Gasteiger partial charge in [-0.1, -0.05) is 73.5 Å². The van der Waals surface area contributed by atoms with Gasteiger partial charge in [-0.05, 0) is 93.0 Å². The number of amides is 2. The van der Waals surface area contributed by atoms with Gasteiger partial charge in [0.15, 0.2) is 0 Å². The first-order valence-corrected chi connectivity index (χ1v) is 15.7. The third-order valence-corrected chi connectivity index (χ3v) is 6.82. The molecule has 3 N–H and O–H groups in total. The van der Waals surface area contributed by atoms with Crippen molar-refractivity contribution in [2.24, 2.45) is 22.7 Å². The van der Waals surface area contributed by atoms with Crippen LogP contribution < -0.4 is 40.2 Å². The maximum absolute atomic E-state index is 12.4. The van der Waals surface area contributed by atoms with Crippen LogP contribution in [-0.2, 0) is 14.3 Å². The van der Waals surface area contributed by atoms with E-state index in [-0.39, 0.29) is 60.7 Å². The first kappa shape index (κ1) is 41.7. The molecule has 0 saturated carbocycles. The predicted octanol–water partition coefficient (Wildman–Crippen LogP) is 5.47. The number of hydrogen-bond acceptors (Lipinski definition) is 4. The molecule has 0 heterocycles. The van der Waals surface area contributed by atoms with Crippen LogP contribution in [0.5, 0.6) is 0 Å². The minimum atomic E-state index is -0.839. The van der Waals surface area contributed by atoms with E-state index in [9.17, 15) is 14.7 Å². The molecule has 2 atom stereocenters. The van der Waals surface area contributed by atoms with Crippen LogP contribution >= 0.6 is 45.8 Å². The molecular formula is C30H46Cl2IN2NaO4. The van der Waals surface area contributed by atoms with Crippen LogP contribution in [0.2, 0.25) is 10.0 Å². The molecule has 0 fully saturated rings. The Kier molecular flexibility index (Phi) is 20.6. The molecule has 2 amide bonds. The normalized spacial score (nSPS) is 12.6. The summed E-state index contributed by atoms with van der Waals surface area (Å²) in [5, 5.41) is 17.0. The van der Waals surface area contributed by atoms with E-state index in [0.717, 1.165) is 5.69 Å². The Morgan fingerprint density at radius 3 is 1.38 bits per heavy atom. The molecule has 0 aliphatic carbocycles. The number of ether oxygens (including phenoxy) is 1. The molecule has 2 aromatic carbocycles. The Morgan fingerprint density at radius 1 is 0.775 bits per heavy atom. The summed E-state index contributed by atoms with van der Waals surface area (Å²) in [5.74, 6) is 0.0216. The zero-order valence-corrected chi connectivity index (χ0v) is 31.4. The summed E-state index contributed by atoms with van der Waals surface area (Å²) in [5.41, 5.74) is -0.0365. The number of hydrogen-bond donors (Lipinski definition) is 3. The van der Waals surface area contributed by atoms with Gasteiger partial charge in [0.2, 0.25) is 11.8 Å². The Bertz CT molecular complexity index is 1020. The molecule has 0 aliphatic heterocycles. The molecule has 10 heteroatoms. The first-order valence-electron chi connectivity index (χ1n) is 12.8. The van der Waals surface area contributed by atoms with Crippen LogP contribution in [0.15, 0.2) is 48.5 Å². The van der Waals surface area contributed by atoms with Gasteiger partial charge in [0.1, 0.15) is 0 Å². The van der Waals surface area contributed by atoms with Gasteiger partial charge in [0.25, 0.3) is 0 Å². The summed E-state index contributed by atoms with van der Waals surface area (Å²) in [6.07, 6.45) is -0.829. The van der Waals surface area contributed by atoms with Crippen molar-refractivity contribution in [3.8, 4) is 0 Å². The minimum absolute atomic E-state index is 0. The maximum atomic E-state index is 12.4. The fourth-order valence-electron chi connectivity index (χ4n) is 4.15. The van der Waals surface area contributed by atoms with E-state index in [1.165, 1.54) is 0 Å². The van der Waals surface area contributed by atoms with Crippen molar-refractivity contribution in [1.29, 1.82) is 0 Å². The van der Waals surface area contributed by atoms with Gasteiger partial charge in [0, 0.05) is 28.5 Å². The smallest absolute Gasteiger partial charge is 1.00 e. The second-order valence-corrected chi connectivity index (χ2v) is 11.8. The van der Waals surface area contributed by atoms with E-state index in [0.29, 0.717) is 15.7 Å². The molecule has 2 aromatic rings. The van der Waals surface area contributed by atoms with E-state index >= 15 is 0 Å². The second kappa shape index (κ2) is 19.7. The van der Waals surface area contributed by atoms with Crippen LogP contribution in [0, 0.1) is 22.7 Å². The molecule has 2 unspecified atom stereocenters. The fourth-order valence-corrected chi connectivity index (χ4v) is 4.40. The average Bonchev–Trinajstić information content (AvgIpc) is 2.87. The predicted molar refractivity (Wildman–Crippen MR) is 175 cm³/mol. The molecule has 0 aliphatic rings. The summed E-state index contributed by atoms with van der Waals surface area (Å²) in [4.78, 5) is 26.5. The SMILES string of the molecule is CC(C)C(O)C(C)(C)C(=O)Nc1ccc(Cl)cc1.CI.COC(C(C)C)C(C)(C)C(=O)Nc1ccc(Cl)cc1.[H-].[Na+]. The fraction of sp³-hybridized carbons (Fsp3) is 0.533. The van der Waals surface area contributed by atoms with Gasteiger partial charge >= 0.3 is 29.6 Å². The number of rotatable bonds is 9. The van der Waals surface area contributed by atoms with Crippen LogP contribution in [0.3, 0.4) is 0 Å². The Hall–Kier alpha value is -0.390. The number of aliphatic hydroxyl groups excluding tert-OH is 1. The van der Waals surface area contributed by atoms with E-state index < -0.39 is 16.9 Å². The molecule has 0 saturated heterocycles. The van der Waals surface area contributed by atoms with Crippen molar-refractivity contribution in [1.82, 2.24) is 0 Å². The van der Waals surface area contributed by atoms with Crippen LogP contribution in [0.1, 0.15) is 56.8 Å². The zero-order chi connectivity index (χ0) is 30.6. The van der Waals surface area contributed by atoms with Crippen molar-refractivity contribution in [2.45, 2.75) is 67.6 Å². The summed E-state index contributed by atoms with van der Waals surface area (Å²) >= 11 is 13.7. The van der Waals surface area contributed by atoms with Crippen molar-refractivity contribution in [2.75, 3.05) is 22.7 Å². The van der Waals surface area contributed by atoms with Crippen molar-refractivity contribution in [3.63, 3.8) is 0 Å². The number of carbonyl (C=O) groups excluding carboxylic acids is 2. The summed E-state index contributed by atoms with van der Waals surface area (Å²) in [6.45, 7) is 15.1. The third kappa shape index (κ3) is 13.3. The monoisotopic (exact) mass is 718 g/mol. The minimum Gasteiger partial charge on any atom is -1.00 e. The molecule has 222 valence electrons. The number of anilines is 2. The summed E-state index contributed by atoms with van der Waals surface area (Å²) < 4.78 is 5.47. The van der Waals surface area contributed by atoms with Crippen molar-refractivity contribution < 1.29 is 50.4 Å². The molecule has 6 nitrogen and oxygen atoms in total. The number of nitrogens with one attached hydrogen (secondary N) is 2. The summed E-state index contributed by atoms with van der Waals surface area (Å²) in [7, 11) is 1.64. The van der Waals surface area contributed by atoms with Crippen LogP contribution in [-0.4, -0.2) is 41.2 Å². The quantitative estimate of drug-likeness (QED) is 0.183. The number of carbonyl (C=O) groups is 2. The number of benzene rings is 2. The molecule has 2 rings (SSSR count). The zero-order valence-electron chi connectivity index (χ0n) is 26.7. The number of aliphatic hydroxyl groups is 1. The van der Waals surface area contributed by atoms with Gasteiger partial charge in [-0.3, -0.25) is 9.59 Å². The first-order chi connectivity index (χ1) is 18.0. The van der Waals surface area contributed by atoms with Crippen molar-refractivity contribution in [3.05, 3.63) is 58.6 Å². The Balaban J connectivity index is -0.000000635. The van der Waals surface area contributed by atoms with Gasteiger partial charge in [0.05, 0.1) is 23.0 Å². The van der Waals surface area contributed by atoms with E-state index in [1.807, 2.05) is 46.5 Å². The Labute approximate surface area is 288 Å². The molecule has 0 aromatic heterocycles. The van der Waals surface area contributed by atoms with E-state index in [4.69, 9.17) is 27.9 Å². The second-order valence-electron chi connectivity index (χ2n) is 11.0. The van der Waals surface area contributed by atoms with Crippen LogP contribution in [0.25, 0.3) is 0 Å². The van der Waals surface area contributed by atoms with Crippen LogP contribution in [0.4, 0.5) is 11.4 Å². The van der Waals surface area contributed by atoms with Gasteiger partial charge in [-0.2, -0.15) is 0 Å². The standard InChI is InChI=1S/C15H22ClNO2.C14H20ClNO2.CH3I.Na.H/c1-10(2)13(19-5)15(3,4)14(18)17-12-8-6-11(16)7-9-12;1-9(2)12(17)14(3,4)13(18)16-11-7-5-10(15)6-8-11;1-2;;/h6-10,13H,1-5H3,(H,17,18);5-9,12,17H,1-4H3,(H,16,18);1H3;;/q;;;+1;-1. The number of halogens is 3. The van der Waals surface area contributed by atoms with Gasteiger partial charge < -0.3 is 21.9 Å². The molecular weight excluding hydrogens is 673 g/mol. The molecule has 40 heavy (non-hydrogen) atoms. The topological polar surface area (TPSA) is 87.7 Å². The maximum Gasteiger partial charge on any atom is 1.00 e. The molecule has 0 spiro atoms. The third-order valence-electron chi connectivity index (χ3n) is 6.32. The molecule has 0 radical (unpaired) electrons. The average molecular weight is 720 g/mol. The number of alkyl halides is 1.